The predicted octanol–water partition coefficient (Wildman–Crippen LogP) is 4.52. The highest BCUT2D eigenvalue weighted by molar-refractivity contribution is 6.32. The summed E-state index contributed by atoms with van der Waals surface area (Å²) in [7, 11) is 0. The molecule has 1 fully saturated rings. The minimum atomic E-state index is -4.48. The molecule has 0 bridgehead atoms. The van der Waals surface area contributed by atoms with Crippen molar-refractivity contribution in [3.63, 3.8) is 0 Å². The number of carbonyl (C=O) groups is 2. The standard InChI is InChI=1S/C20H13ClF4N4O3/c1-19(13-7-6-12(22)8-14(13)21)17(30)29(18(31)27-19)9-15-26-16(28-32-15)10-2-4-11(5-3-10)20(23,24)25/h2-8H,9H2,1H3,(H,27,31). The lowest BCUT2D eigenvalue weighted by atomic mass is 9.92. The number of hydrogen-bond donors (Lipinski definition) is 1. The third-order valence-corrected chi connectivity index (χ3v) is 5.29. The van der Waals surface area contributed by atoms with E-state index in [9.17, 15) is 27.2 Å². The minimum Gasteiger partial charge on any atom is -0.337 e. The van der Waals surface area contributed by atoms with Crippen LogP contribution in [0.2, 0.25) is 5.02 Å². The second kappa shape index (κ2) is 7.59. The molecule has 166 valence electrons. The van der Waals surface area contributed by atoms with Crippen LogP contribution in [0.1, 0.15) is 23.9 Å². The van der Waals surface area contributed by atoms with Gasteiger partial charge in [-0.1, -0.05) is 35.0 Å². The van der Waals surface area contributed by atoms with Crippen LogP contribution in [0.3, 0.4) is 0 Å². The van der Waals surface area contributed by atoms with Crippen molar-refractivity contribution in [2.45, 2.75) is 25.2 Å². The van der Waals surface area contributed by atoms with Crippen LogP contribution in [0.5, 0.6) is 0 Å². The molecule has 2 heterocycles. The molecular formula is C20H13ClF4N4O3. The maximum atomic E-state index is 13.4. The highest BCUT2D eigenvalue weighted by Gasteiger charge is 2.50. The Morgan fingerprint density at radius 1 is 1.16 bits per heavy atom. The third kappa shape index (κ3) is 3.79. The van der Waals surface area contributed by atoms with Crippen molar-refractivity contribution in [1.29, 1.82) is 0 Å². The van der Waals surface area contributed by atoms with Crippen LogP contribution in [-0.2, 0) is 23.1 Å². The summed E-state index contributed by atoms with van der Waals surface area (Å²) >= 11 is 6.06. The monoisotopic (exact) mass is 468 g/mol. The lowest BCUT2D eigenvalue weighted by Crippen LogP contribution is -2.41. The summed E-state index contributed by atoms with van der Waals surface area (Å²) < 4.78 is 56.5. The van der Waals surface area contributed by atoms with Gasteiger partial charge in [-0.3, -0.25) is 9.69 Å². The van der Waals surface area contributed by atoms with Gasteiger partial charge in [0.1, 0.15) is 17.9 Å². The summed E-state index contributed by atoms with van der Waals surface area (Å²) in [6, 6.07) is 6.79. The third-order valence-electron chi connectivity index (χ3n) is 4.98. The first-order valence-corrected chi connectivity index (χ1v) is 9.47. The fraction of sp³-hybridized carbons (Fsp3) is 0.200. The minimum absolute atomic E-state index is 0.00915. The van der Waals surface area contributed by atoms with Gasteiger partial charge in [-0.15, -0.1) is 0 Å². The molecule has 1 saturated heterocycles. The van der Waals surface area contributed by atoms with E-state index in [2.05, 4.69) is 15.5 Å². The first-order chi connectivity index (χ1) is 15.0. The summed E-state index contributed by atoms with van der Waals surface area (Å²) in [5.74, 6) is -1.40. The van der Waals surface area contributed by atoms with E-state index in [0.717, 1.165) is 29.2 Å². The van der Waals surface area contributed by atoms with E-state index in [4.69, 9.17) is 16.1 Å². The molecular weight excluding hydrogens is 456 g/mol. The Morgan fingerprint density at radius 2 is 1.84 bits per heavy atom. The maximum Gasteiger partial charge on any atom is 0.416 e. The molecule has 1 unspecified atom stereocenters. The molecule has 1 aliphatic heterocycles. The van der Waals surface area contributed by atoms with E-state index >= 15 is 0 Å². The molecule has 0 spiro atoms. The van der Waals surface area contributed by atoms with Gasteiger partial charge >= 0.3 is 12.2 Å². The number of aromatic nitrogens is 2. The van der Waals surface area contributed by atoms with Crippen molar-refractivity contribution in [3.05, 3.63) is 70.3 Å². The van der Waals surface area contributed by atoms with E-state index in [0.29, 0.717) is 0 Å². The summed E-state index contributed by atoms with van der Waals surface area (Å²) in [6.07, 6.45) is -4.48. The van der Waals surface area contributed by atoms with Crippen molar-refractivity contribution >= 4 is 23.5 Å². The van der Waals surface area contributed by atoms with E-state index < -0.39 is 35.0 Å². The fourth-order valence-corrected chi connectivity index (χ4v) is 3.65. The number of halogens is 5. The van der Waals surface area contributed by atoms with Crippen LogP contribution in [0.4, 0.5) is 22.4 Å². The van der Waals surface area contributed by atoms with Gasteiger partial charge in [0, 0.05) is 16.1 Å². The van der Waals surface area contributed by atoms with Crippen LogP contribution < -0.4 is 5.32 Å². The van der Waals surface area contributed by atoms with Crippen LogP contribution in [0.25, 0.3) is 11.4 Å². The van der Waals surface area contributed by atoms with Gasteiger partial charge in [0.15, 0.2) is 0 Å². The Morgan fingerprint density at radius 3 is 2.47 bits per heavy atom. The van der Waals surface area contributed by atoms with Gasteiger partial charge in [0.2, 0.25) is 11.7 Å². The number of benzene rings is 2. The smallest absolute Gasteiger partial charge is 0.337 e. The maximum absolute atomic E-state index is 13.4. The number of hydrogen-bond acceptors (Lipinski definition) is 5. The van der Waals surface area contributed by atoms with Crippen LogP contribution in [-0.4, -0.2) is 27.0 Å². The molecule has 0 radical (unpaired) electrons. The van der Waals surface area contributed by atoms with E-state index in [1.807, 2.05) is 0 Å². The van der Waals surface area contributed by atoms with Gasteiger partial charge < -0.3 is 9.84 Å². The Labute approximate surface area is 183 Å². The quantitative estimate of drug-likeness (QED) is 0.449. The molecule has 0 aliphatic carbocycles. The first kappa shape index (κ1) is 21.8. The Kier molecular flexibility index (Phi) is 5.16. The van der Waals surface area contributed by atoms with Gasteiger partial charge in [0.05, 0.1) is 5.56 Å². The largest absolute Gasteiger partial charge is 0.416 e. The number of nitrogens with zero attached hydrogens (tertiary/aromatic N) is 3. The van der Waals surface area contributed by atoms with Gasteiger partial charge in [-0.05, 0) is 31.2 Å². The van der Waals surface area contributed by atoms with Crippen LogP contribution in [0.15, 0.2) is 47.0 Å². The van der Waals surface area contributed by atoms with Crippen LogP contribution in [0, 0.1) is 5.82 Å². The molecule has 1 N–H and O–H groups in total. The van der Waals surface area contributed by atoms with Crippen molar-refractivity contribution in [2.75, 3.05) is 0 Å². The van der Waals surface area contributed by atoms with E-state index in [-0.39, 0.29) is 34.4 Å². The molecule has 0 saturated carbocycles. The number of carbonyl (C=O) groups excluding carboxylic acids is 2. The van der Waals surface area contributed by atoms with Gasteiger partial charge in [0.25, 0.3) is 5.91 Å². The molecule has 4 rings (SSSR count). The van der Waals surface area contributed by atoms with E-state index in [1.165, 1.54) is 25.1 Å². The molecule has 3 amide bonds. The zero-order chi connectivity index (χ0) is 23.3. The molecule has 1 aliphatic rings. The molecule has 7 nitrogen and oxygen atoms in total. The summed E-state index contributed by atoms with van der Waals surface area (Å²) in [5.41, 5.74) is -1.91. The second-order valence-corrected chi connectivity index (χ2v) is 7.56. The van der Waals surface area contributed by atoms with Gasteiger partial charge in [-0.25, -0.2) is 9.18 Å². The average molecular weight is 469 g/mol. The van der Waals surface area contributed by atoms with E-state index in [1.54, 1.807) is 0 Å². The average Bonchev–Trinajstić information content (AvgIpc) is 3.26. The molecule has 32 heavy (non-hydrogen) atoms. The Hall–Kier alpha value is -3.47. The highest BCUT2D eigenvalue weighted by atomic mass is 35.5. The first-order valence-electron chi connectivity index (χ1n) is 9.09. The SMILES string of the molecule is CC1(c2ccc(F)cc2Cl)NC(=O)N(Cc2nc(-c3ccc(C(F)(F)F)cc3)no2)C1=O. The number of urea groups is 1. The van der Waals surface area contributed by atoms with Crippen molar-refractivity contribution < 1.29 is 31.7 Å². The highest BCUT2D eigenvalue weighted by Crippen LogP contribution is 2.35. The second-order valence-electron chi connectivity index (χ2n) is 7.16. The molecule has 2 aromatic carbocycles. The molecule has 3 aromatic rings. The number of imide groups is 1. The fourth-order valence-electron chi connectivity index (χ4n) is 3.30. The topological polar surface area (TPSA) is 88.3 Å². The molecule has 12 heteroatoms. The van der Waals surface area contributed by atoms with Crippen molar-refractivity contribution in [2.24, 2.45) is 0 Å². The normalized spacial score (nSPS) is 18.9. The number of alkyl halides is 3. The number of amides is 3. The Bertz CT molecular complexity index is 1210. The summed E-state index contributed by atoms with van der Waals surface area (Å²) in [5, 5.41) is 6.17. The van der Waals surface area contributed by atoms with Crippen molar-refractivity contribution in [3.8, 4) is 11.4 Å². The molecule has 1 atom stereocenters. The zero-order valence-electron chi connectivity index (χ0n) is 16.2. The Balaban J connectivity index is 1.54. The summed E-state index contributed by atoms with van der Waals surface area (Å²) in [4.78, 5) is 30.3. The zero-order valence-corrected chi connectivity index (χ0v) is 17.0. The van der Waals surface area contributed by atoms with Gasteiger partial charge in [-0.2, -0.15) is 18.2 Å². The molecule has 1 aromatic heterocycles. The lowest BCUT2D eigenvalue weighted by molar-refractivity contribution is -0.137. The summed E-state index contributed by atoms with van der Waals surface area (Å²) in [6.45, 7) is 1.04. The number of rotatable bonds is 4. The van der Waals surface area contributed by atoms with Crippen molar-refractivity contribution in [1.82, 2.24) is 20.4 Å². The number of nitrogens with one attached hydrogen (secondary N) is 1. The predicted molar refractivity (Wildman–Crippen MR) is 103 cm³/mol. The lowest BCUT2D eigenvalue weighted by Gasteiger charge is -2.23. The van der Waals surface area contributed by atoms with Crippen LogP contribution >= 0.6 is 11.6 Å².